The lowest BCUT2D eigenvalue weighted by Crippen LogP contribution is -2.27. The first kappa shape index (κ1) is 18.1. The highest BCUT2D eigenvalue weighted by Gasteiger charge is 2.14. The number of rotatable bonds is 5. The molecule has 0 bridgehead atoms. The van der Waals surface area contributed by atoms with Crippen LogP contribution in [-0.2, 0) is 6.54 Å². The van der Waals surface area contributed by atoms with Crippen molar-refractivity contribution in [2.75, 3.05) is 10.6 Å². The van der Waals surface area contributed by atoms with Crippen LogP contribution in [0.3, 0.4) is 0 Å². The van der Waals surface area contributed by atoms with Crippen LogP contribution in [-0.4, -0.2) is 20.5 Å². The molecule has 3 aromatic rings. The molecule has 0 saturated carbocycles. The van der Waals surface area contributed by atoms with Crippen LogP contribution in [0.1, 0.15) is 26.3 Å². The average Bonchev–Trinajstić information content (AvgIpc) is 2.59. The number of hydrogen-bond donors (Lipinski definition) is 2. The van der Waals surface area contributed by atoms with Crippen LogP contribution >= 0.6 is 11.6 Å². The number of nitrogens with zero attached hydrogens (tertiary/aromatic N) is 3. The largest absolute Gasteiger partial charge is 0.366 e. The third-order valence-corrected chi connectivity index (χ3v) is 3.77. The molecule has 0 radical (unpaired) electrons. The first-order valence-electron chi connectivity index (χ1n) is 8.45. The molecule has 3 rings (SSSR count). The molecule has 2 N–H and O–H groups in total. The monoisotopic (exact) mass is 367 g/mol. The molecule has 134 valence electrons. The van der Waals surface area contributed by atoms with Gasteiger partial charge in [0.15, 0.2) is 0 Å². The number of nitrogens with one attached hydrogen (secondary N) is 2. The molecule has 0 saturated heterocycles. The van der Waals surface area contributed by atoms with Crippen molar-refractivity contribution in [3.8, 4) is 11.3 Å². The predicted octanol–water partition coefficient (Wildman–Crippen LogP) is 5.01. The van der Waals surface area contributed by atoms with Gasteiger partial charge in [0.1, 0.15) is 5.82 Å². The van der Waals surface area contributed by atoms with Crippen LogP contribution in [0.2, 0.25) is 5.02 Å². The summed E-state index contributed by atoms with van der Waals surface area (Å²) < 4.78 is 0. The Kier molecular flexibility index (Phi) is 5.38. The highest BCUT2D eigenvalue weighted by Crippen LogP contribution is 2.22. The van der Waals surface area contributed by atoms with Gasteiger partial charge in [-0.1, -0.05) is 23.7 Å². The van der Waals surface area contributed by atoms with E-state index < -0.39 is 0 Å². The Morgan fingerprint density at radius 3 is 2.58 bits per heavy atom. The summed E-state index contributed by atoms with van der Waals surface area (Å²) in [5.41, 5.74) is 2.70. The molecule has 2 aromatic heterocycles. The molecule has 26 heavy (non-hydrogen) atoms. The van der Waals surface area contributed by atoms with Crippen LogP contribution in [0, 0.1) is 0 Å². The summed E-state index contributed by atoms with van der Waals surface area (Å²) >= 11 is 6.06. The second-order valence-corrected chi connectivity index (χ2v) is 7.50. The van der Waals surface area contributed by atoms with Gasteiger partial charge in [-0.25, -0.2) is 4.98 Å². The fourth-order valence-corrected chi connectivity index (χ4v) is 2.64. The minimum absolute atomic E-state index is 0.141. The van der Waals surface area contributed by atoms with Gasteiger partial charge in [-0.3, -0.25) is 4.98 Å². The molecule has 0 spiro atoms. The third-order valence-electron chi connectivity index (χ3n) is 3.53. The molecule has 1 aromatic carbocycles. The van der Waals surface area contributed by atoms with Crippen molar-refractivity contribution in [3.63, 3.8) is 0 Å². The van der Waals surface area contributed by atoms with Crippen molar-refractivity contribution >= 4 is 23.4 Å². The summed E-state index contributed by atoms with van der Waals surface area (Å²) in [5.74, 6) is 1.32. The predicted molar refractivity (Wildman–Crippen MR) is 107 cm³/mol. The van der Waals surface area contributed by atoms with Crippen LogP contribution in [0.5, 0.6) is 0 Å². The molecule has 5 nitrogen and oxygen atoms in total. The number of hydrogen-bond acceptors (Lipinski definition) is 5. The number of benzene rings is 1. The second-order valence-electron chi connectivity index (χ2n) is 7.06. The fraction of sp³-hybridized carbons (Fsp3) is 0.250. The van der Waals surface area contributed by atoms with Gasteiger partial charge < -0.3 is 10.6 Å². The molecular weight excluding hydrogens is 346 g/mol. The minimum atomic E-state index is -0.141. The quantitative estimate of drug-likeness (QED) is 0.663. The highest BCUT2D eigenvalue weighted by atomic mass is 35.5. The second kappa shape index (κ2) is 7.70. The first-order chi connectivity index (χ1) is 12.4. The molecule has 0 aliphatic carbocycles. The summed E-state index contributed by atoms with van der Waals surface area (Å²) in [5, 5.41) is 7.41. The van der Waals surface area contributed by atoms with E-state index in [-0.39, 0.29) is 5.54 Å². The Morgan fingerprint density at radius 1 is 1.04 bits per heavy atom. The van der Waals surface area contributed by atoms with E-state index in [1.165, 1.54) is 0 Å². The summed E-state index contributed by atoms with van der Waals surface area (Å²) in [7, 11) is 0. The zero-order chi connectivity index (χ0) is 18.6. The van der Waals surface area contributed by atoms with Crippen molar-refractivity contribution in [3.05, 3.63) is 65.4 Å². The molecule has 0 unspecified atom stereocenters. The Balaban J connectivity index is 1.89. The van der Waals surface area contributed by atoms with E-state index in [0.29, 0.717) is 12.5 Å². The normalized spacial score (nSPS) is 11.2. The molecule has 0 aliphatic rings. The lowest BCUT2D eigenvalue weighted by Gasteiger charge is -2.21. The highest BCUT2D eigenvalue weighted by molar-refractivity contribution is 6.30. The Labute approximate surface area is 158 Å². The maximum absolute atomic E-state index is 6.06. The van der Waals surface area contributed by atoms with Crippen LogP contribution in [0.25, 0.3) is 11.3 Å². The van der Waals surface area contributed by atoms with Gasteiger partial charge in [-0.2, -0.15) is 4.98 Å². The van der Waals surface area contributed by atoms with E-state index in [9.17, 15) is 0 Å². The van der Waals surface area contributed by atoms with E-state index in [4.69, 9.17) is 11.6 Å². The standard InChI is InChI=1S/C20H22ClN5/c1-20(2,3)26-19-24-17(15-7-5-9-22-13-15)11-18(25-19)23-12-14-6-4-8-16(21)10-14/h4-11,13H,12H2,1-3H3,(H2,23,24,25,26). The smallest absolute Gasteiger partial charge is 0.225 e. The SMILES string of the molecule is CC(C)(C)Nc1nc(NCc2cccc(Cl)c2)cc(-c2cccnc2)n1. The Hall–Kier alpha value is -2.66. The molecule has 6 heteroatoms. The van der Waals surface area contributed by atoms with E-state index in [1.807, 2.05) is 42.5 Å². The van der Waals surface area contributed by atoms with Crippen molar-refractivity contribution in [2.24, 2.45) is 0 Å². The molecule has 0 amide bonds. The zero-order valence-corrected chi connectivity index (χ0v) is 15.9. The lowest BCUT2D eigenvalue weighted by atomic mass is 10.1. The van der Waals surface area contributed by atoms with Crippen molar-refractivity contribution < 1.29 is 0 Å². The molecule has 0 aliphatic heterocycles. The van der Waals surface area contributed by atoms with Crippen molar-refractivity contribution in [2.45, 2.75) is 32.9 Å². The summed E-state index contributed by atoms with van der Waals surface area (Å²) in [6.07, 6.45) is 3.54. The van der Waals surface area contributed by atoms with Gasteiger partial charge in [0, 0.05) is 41.1 Å². The van der Waals surface area contributed by atoms with Crippen molar-refractivity contribution in [1.29, 1.82) is 0 Å². The molecule has 0 fully saturated rings. The number of halogens is 1. The van der Waals surface area contributed by atoms with Gasteiger partial charge in [-0.05, 0) is 50.6 Å². The zero-order valence-electron chi connectivity index (χ0n) is 15.1. The van der Waals surface area contributed by atoms with Gasteiger partial charge in [-0.15, -0.1) is 0 Å². The maximum atomic E-state index is 6.06. The van der Waals surface area contributed by atoms with Gasteiger partial charge in [0.25, 0.3) is 0 Å². The molecular formula is C20H22ClN5. The topological polar surface area (TPSA) is 62.7 Å². The minimum Gasteiger partial charge on any atom is -0.366 e. The van der Waals surface area contributed by atoms with Gasteiger partial charge in [0.2, 0.25) is 5.95 Å². The Morgan fingerprint density at radius 2 is 1.88 bits per heavy atom. The number of pyridine rings is 1. The molecule has 2 heterocycles. The first-order valence-corrected chi connectivity index (χ1v) is 8.83. The maximum Gasteiger partial charge on any atom is 0.225 e. The summed E-state index contributed by atoms with van der Waals surface area (Å²) in [6.45, 7) is 6.85. The van der Waals surface area contributed by atoms with Gasteiger partial charge >= 0.3 is 0 Å². The van der Waals surface area contributed by atoms with Crippen LogP contribution < -0.4 is 10.6 Å². The average molecular weight is 368 g/mol. The van der Waals surface area contributed by atoms with E-state index in [2.05, 4.69) is 46.4 Å². The van der Waals surface area contributed by atoms with E-state index in [1.54, 1.807) is 12.4 Å². The van der Waals surface area contributed by atoms with Gasteiger partial charge in [0.05, 0.1) is 5.69 Å². The fourth-order valence-electron chi connectivity index (χ4n) is 2.43. The summed E-state index contributed by atoms with van der Waals surface area (Å²) in [4.78, 5) is 13.4. The number of anilines is 2. The van der Waals surface area contributed by atoms with Crippen LogP contribution in [0.15, 0.2) is 54.9 Å². The lowest BCUT2D eigenvalue weighted by molar-refractivity contribution is 0.626. The van der Waals surface area contributed by atoms with Crippen molar-refractivity contribution in [1.82, 2.24) is 15.0 Å². The third kappa shape index (κ3) is 5.17. The molecule has 0 atom stereocenters. The van der Waals surface area contributed by atoms with E-state index >= 15 is 0 Å². The summed E-state index contributed by atoms with van der Waals surface area (Å²) in [6, 6.07) is 13.6. The van der Waals surface area contributed by atoms with Crippen LogP contribution in [0.4, 0.5) is 11.8 Å². The number of aromatic nitrogens is 3. The Bertz CT molecular complexity index is 875. The van der Waals surface area contributed by atoms with E-state index in [0.717, 1.165) is 27.7 Å².